The Morgan fingerprint density at radius 2 is 1.94 bits per heavy atom. The first-order valence-corrected chi connectivity index (χ1v) is 12.5. The lowest BCUT2D eigenvalue weighted by molar-refractivity contribution is -0.113. The number of hydrogen-bond donors (Lipinski definition) is 1. The summed E-state index contributed by atoms with van der Waals surface area (Å²) in [5.74, 6) is 0.638. The number of aromatic nitrogens is 4. The third-order valence-electron chi connectivity index (χ3n) is 4.57. The van der Waals surface area contributed by atoms with Crippen LogP contribution in [0.1, 0.15) is 10.4 Å². The number of thiazole rings is 1. The third kappa shape index (κ3) is 6.03. The topological polar surface area (TPSA) is 72.7 Å². The highest BCUT2D eigenvalue weighted by Crippen LogP contribution is 2.29. The lowest BCUT2D eigenvalue weighted by atomic mass is 10.1. The van der Waals surface area contributed by atoms with Crippen LogP contribution in [0.25, 0.3) is 11.4 Å². The summed E-state index contributed by atoms with van der Waals surface area (Å²) in [5.41, 5.74) is 1.91. The van der Waals surface area contributed by atoms with Gasteiger partial charge >= 0.3 is 0 Å². The first-order valence-electron chi connectivity index (χ1n) is 9.94. The molecule has 0 radical (unpaired) electrons. The van der Waals surface area contributed by atoms with Crippen LogP contribution < -0.4 is 5.32 Å². The van der Waals surface area contributed by atoms with Crippen molar-refractivity contribution in [1.29, 1.82) is 0 Å². The molecule has 0 aliphatic carbocycles. The summed E-state index contributed by atoms with van der Waals surface area (Å²) in [6, 6.07) is 15.1. The van der Waals surface area contributed by atoms with Gasteiger partial charge in [0, 0.05) is 34.6 Å². The number of allylic oxidation sites excluding steroid dienone is 1. The van der Waals surface area contributed by atoms with Crippen molar-refractivity contribution >= 4 is 57.3 Å². The average molecular weight is 516 g/mol. The average Bonchev–Trinajstić information content (AvgIpc) is 3.41. The Labute approximate surface area is 209 Å². The van der Waals surface area contributed by atoms with Gasteiger partial charge in [-0.15, -0.1) is 28.1 Å². The summed E-state index contributed by atoms with van der Waals surface area (Å²) in [7, 11) is 0. The number of rotatable bonds is 9. The van der Waals surface area contributed by atoms with Gasteiger partial charge in [-0.25, -0.2) is 4.98 Å². The lowest BCUT2D eigenvalue weighted by Crippen LogP contribution is -2.14. The van der Waals surface area contributed by atoms with Crippen LogP contribution in [-0.4, -0.2) is 31.4 Å². The van der Waals surface area contributed by atoms with Crippen molar-refractivity contribution in [2.45, 2.75) is 18.1 Å². The molecule has 10 heteroatoms. The van der Waals surface area contributed by atoms with E-state index in [0.29, 0.717) is 32.7 Å². The summed E-state index contributed by atoms with van der Waals surface area (Å²) < 4.78 is 1.89. The van der Waals surface area contributed by atoms with Gasteiger partial charge in [-0.05, 0) is 29.8 Å². The number of carbonyl (C=O) groups excluding carboxylic acids is 1. The molecule has 0 atom stereocenters. The molecule has 4 rings (SSSR count). The van der Waals surface area contributed by atoms with Crippen LogP contribution in [0.4, 0.5) is 5.13 Å². The van der Waals surface area contributed by atoms with Crippen LogP contribution >= 0.6 is 46.3 Å². The number of anilines is 1. The van der Waals surface area contributed by atoms with Crippen molar-refractivity contribution in [3.8, 4) is 11.4 Å². The number of benzene rings is 2. The predicted molar refractivity (Wildman–Crippen MR) is 136 cm³/mol. The Balaban J connectivity index is 1.38. The first-order chi connectivity index (χ1) is 16.0. The van der Waals surface area contributed by atoms with Crippen molar-refractivity contribution in [2.75, 3.05) is 11.1 Å². The van der Waals surface area contributed by atoms with Crippen LogP contribution in [0.3, 0.4) is 0 Å². The molecule has 168 valence electrons. The second-order valence-corrected chi connectivity index (χ2v) is 9.86. The first kappa shape index (κ1) is 23.5. The van der Waals surface area contributed by atoms with Crippen molar-refractivity contribution in [3.05, 3.63) is 87.9 Å². The van der Waals surface area contributed by atoms with Crippen molar-refractivity contribution in [3.63, 3.8) is 0 Å². The molecule has 0 bridgehead atoms. The molecule has 2 aromatic carbocycles. The minimum Gasteiger partial charge on any atom is -0.301 e. The molecule has 6 nitrogen and oxygen atoms in total. The third-order valence-corrected chi connectivity index (χ3v) is 7.03. The molecule has 0 aliphatic rings. The van der Waals surface area contributed by atoms with Gasteiger partial charge in [-0.1, -0.05) is 65.3 Å². The smallest absolute Gasteiger partial charge is 0.236 e. The van der Waals surface area contributed by atoms with E-state index in [1.165, 1.54) is 23.1 Å². The van der Waals surface area contributed by atoms with Crippen molar-refractivity contribution in [1.82, 2.24) is 19.7 Å². The molecule has 1 N–H and O–H groups in total. The van der Waals surface area contributed by atoms with E-state index < -0.39 is 0 Å². The Morgan fingerprint density at radius 1 is 1.15 bits per heavy atom. The van der Waals surface area contributed by atoms with Crippen LogP contribution in [-0.2, 0) is 17.8 Å². The highest BCUT2D eigenvalue weighted by atomic mass is 35.5. The monoisotopic (exact) mass is 515 g/mol. The highest BCUT2D eigenvalue weighted by molar-refractivity contribution is 7.99. The fourth-order valence-corrected chi connectivity index (χ4v) is 5.02. The number of hydrogen-bond acceptors (Lipinski definition) is 6. The van der Waals surface area contributed by atoms with Crippen LogP contribution in [0.2, 0.25) is 10.0 Å². The normalized spacial score (nSPS) is 10.8. The van der Waals surface area contributed by atoms with Crippen LogP contribution in [0.5, 0.6) is 0 Å². The fraction of sp³-hybridized carbons (Fsp3) is 0.130. The maximum Gasteiger partial charge on any atom is 0.236 e. The second kappa shape index (κ2) is 11.0. The van der Waals surface area contributed by atoms with Gasteiger partial charge in [-0.2, -0.15) is 0 Å². The molecule has 4 aromatic rings. The molecule has 0 saturated heterocycles. The molecule has 0 aliphatic heterocycles. The van der Waals surface area contributed by atoms with Gasteiger partial charge in [0.05, 0.1) is 10.8 Å². The zero-order valence-corrected chi connectivity index (χ0v) is 20.5. The Bertz CT molecular complexity index is 1270. The molecular formula is C23H19Cl2N5OS2. The summed E-state index contributed by atoms with van der Waals surface area (Å²) in [4.78, 5) is 17.9. The number of nitrogens with one attached hydrogen (secondary N) is 1. The van der Waals surface area contributed by atoms with Gasteiger partial charge < -0.3 is 5.32 Å². The second-order valence-electron chi connectivity index (χ2n) is 6.96. The molecule has 0 fully saturated rings. The highest BCUT2D eigenvalue weighted by Gasteiger charge is 2.17. The Hall–Kier alpha value is -2.65. The maximum absolute atomic E-state index is 12.5. The SMILES string of the molecule is C=CCn1c(SCC(=O)Nc2ncc(Cc3ccc(Cl)cc3)s2)nnc1-c1ccccc1Cl. The van der Waals surface area contributed by atoms with E-state index in [1.54, 1.807) is 18.3 Å². The van der Waals surface area contributed by atoms with E-state index in [9.17, 15) is 4.79 Å². The zero-order chi connectivity index (χ0) is 23.2. The maximum atomic E-state index is 12.5. The largest absolute Gasteiger partial charge is 0.301 e. The number of carbonyl (C=O) groups is 1. The van der Waals surface area contributed by atoms with Gasteiger partial charge in [0.25, 0.3) is 0 Å². The summed E-state index contributed by atoms with van der Waals surface area (Å²) in [5, 5.41) is 13.9. The summed E-state index contributed by atoms with van der Waals surface area (Å²) in [6.45, 7) is 4.31. The van der Waals surface area contributed by atoms with E-state index in [4.69, 9.17) is 23.2 Å². The lowest BCUT2D eigenvalue weighted by Gasteiger charge is -2.08. The minimum absolute atomic E-state index is 0.167. The Morgan fingerprint density at radius 3 is 2.70 bits per heavy atom. The van der Waals surface area contributed by atoms with E-state index in [0.717, 1.165) is 22.4 Å². The standard InChI is InChI=1S/C23H19Cl2N5OS2/c1-2-11-30-21(18-5-3-4-6-19(18)25)28-29-23(30)32-14-20(31)27-22-26-13-17(33-22)12-15-7-9-16(24)10-8-15/h2-10,13H,1,11-12,14H2,(H,26,27,31). The molecule has 0 unspecified atom stereocenters. The molecule has 2 heterocycles. The van der Waals surface area contributed by atoms with Gasteiger partial charge in [0.2, 0.25) is 5.91 Å². The van der Waals surface area contributed by atoms with E-state index in [2.05, 4.69) is 27.1 Å². The Kier molecular flexibility index (Phi) is 7.82. The molecule has 33 heavy (non-hydrogen) atoms. The van der Waals surface area contributed by atoms with Crippen LogP contribution in [0.15, 0.2) is 72.5 Å². The molecule has 2 aromatic heterocycles. The molecule has 0 saturated carbocycles. The number of nitrogens with zero attached hydrogens (tertiary/aromatic N) is 4. The number of halogens is 2. The van der Waals surface area contributed by atoms with Gasteiger partial charge in [-0.3, -0.25) is 9.36 Å². The summed E-state index contributed by atoms with van der Waals surface area (Å²) in [6.07, 6.45) is 4.26. The van der Waals surface area contributed by atoms with Crippen molar-refractivity contribution < 1.29 is 4.79 Å². The number of thioether (sulfide) groups is 1. The van der Waals surface area contributed by atoms with Crippen molar-refractivity contribution in [2.24, 2.45) is 0 Å². The van der Waals surface area contributed by atoms with E-state index in [1.807, 2.05) is 47.0 Å². The van der Waals surface area contributed by atoms with Crippen LogP contribution in [0, 0.1) is 0 Å². The molecular weight excluding hydrogens is 497 g/mol. The quantitative estimate of drug-likeness (QED) is 0.211. The molecule has 0 spiro atoms. The summed E-state index contributed by atoms with van der Waals surface area (Å²) >= 11 is 15.0. The predicted octanol–water partition coefficient (Wildman–Crippen LogP) is 6.22. The van der Waals surface area contributed by atoms with E-state index >= 15 is 0 Å². The fourth-order valence-electron chi connectivity index (χ4n) is 3.07. The van der Waals surface area contributed by atoms with E-state index in [-0.39, 0.29) is 11.7 Å². The van der Waals surface area contributed by atoms with Gasteiger partial charge in [0.1, 0.15) is 0 Å². The zero-order valence-electron chi connectivity index (χ0n) is 17.4. The minimum atomic E-state index is -0.167. The molecule has 1 amide bonds. The van der Waals surface area contributed by atoms with Gasteiger partial charge in [0.15, 0.2) is 16.1 Å². The number of amides is 1.